The molecule has 0 radical (unpaired) electrons. The molecule has 0 aliphatic rings. The Labute approximate surface area is 89.7 Å². The molecule has 0 saturated carbocycles. The largest absolute Gasteiger partial charge is 0.330 e. The van der Waals surface area contributed by atoms with Crippen molar-refractivity contribution in [3.63, 3.8) is 0 Å². The number of nitrogens with two attached hydrogens (primary N) is 1. The third-order valence-electron chi connectivity index (χ3n) is 2.04. The summed E-state index contributed by atoms with van der Waals surface area (Å²) < 4.78 is 0. The minimum absolute atomic E-state index is 0.737. The molecule has 14 heavy (non-hydrogen) atoms. The highest BCUT2D eigenvalue weighted by Gasteiger charge is 2.04. The molecular formula is C10H19N3S. The Balaban J connectivity index is 2.35. The molecule has 0 aliphatic carbocycles. The van der Waals surface area contributed by atoms with Gasteiger partial charge >= 0.3 is 0 Å². The first-order valence-corrected chi connectivity index (χ1v) is 6.05. The average molecular weight is 213 g/mol. The van der Waals surface area contributed by atoms with Gasteiger partial charge in [0, 0.05) is 12.8 Å². The van der Waals surface area contributed by atoms with Gasteiger partial charge in [-0.1, -0.05) is 13.8 Å². The monoisotopic (exact) mass is 213 g/mol. The van der Waals surface area contributed by atoms with E-state index in [4.69, 9.17) is 5.73 Å². The van der Waals surface area contributed by atoms with Gasteiger partial charge in [0.25, 0.3) is 0 Å². The first kappa shape index (κ1) is 11.6. The van der Waals surface area contributed by atoms with Crippen LogP contribution in [0.5, 0.6) is 0 Å². The molecule has 0 spiro atoms. The fourth-order valence-corrected chi connectivity index (χ4v) is 2.06. The van der Waals surface area contributed by atoms with Gasteiger partial charge in [0.05, 0.1) is 0 Å². The molecule has 0 amide bonds. The first-order chi connectivity index (χ1) is 6.72. The summed E-state index contributed by atoms with van der Waals surface area (Å²) in [4.78, 5) is 0. The lowest BCUT2D eigenvalue weighted by Gasteiger charge is -1.99. The van der Waals surface area contributed by atoms with Gasteiger partial charge in [-0.05, 0) is 25.3 Å². The van der Waals surface area contributed by atoms with Crippen molar-refractivity contribution in [2.45, 2.75) is 39.5 Å². The van der Waals surface area contributed by atoms with Gasteiger partial charge in [0.15, 0.2) is 0 Å². The van der Waals surface area contributed by atoms with Crippen molar-refractivity contribution in [1.29, 1.82) is 0 Å². The van der Waals surface area contributed by atoms with Gasteiger partial charge < -0.3 is 5.73 Å². The van der Waals surface area contributed by atoms with E-state index in [2.05, 4.69) is 24.0 Å². The Hall–Kier alpha value is -0.480. The van der Waals surface area contributed by atoms with Crippen LogP contribution in [0, 0.1) is 5.92 Å². The zero-order chi connectivity index (χ0) is 10.4. The summed E-state index contributed by atoms with van der Waals surface area (Å²) in [6.45, 7) is 5.20. The van der Waals surface area contributed by atoms with Crippen molar-refractivity contribution in [2.24, 2.45) is 11.7 Å². The number of aryl methyl sites for hydroxylation is 2. The molecule has 0 bridgehead atoms. The Kier molecular flexibility index (Phi) is 5.04. The van der Waals surface area contributed by atoms with Crippen molar-refractivity contribution in [2.75, 3.05) is 6.54 Å². The molecule has 1 rings (SSSR count). The maximum absolute atomic E-state index is 5.44. The van der Waals surface area contributed by atoms with Crippen molar-refractivity contribution < 1.29 is 0 Å². The Morgan fingerprint density at radius 2 is 1.86 bits per heavy atom. The van der Waals surface area contributed by atoms with Crippen LogP contribution in [0.2, 0.25) is 0 Å². The molecule has 1 aromatic rings. The highest BCUT2D eigenvalue weighted by molar-refractivity contribution is 7.11. The second-order valence-corrected chi connectivity index (χ2v) is 5.06. The summed E-state index contributed by atoms with van der Waals surface area (Å²) in [6.07, 6.45) is 4.26. The third kappa shape index (κ3) is 4.15. The van der Waals surface area contributed by atoms with Gasteiger partial charge in [-0.2, -0.15) is 0 Å². The lowest BCUT2D eigenvalue weighted by molar-refractivity contribution is 0.583. The van der Waals surface area contributed by atoms with Crippen LogP contribution in [0.4, 0.5) is 0 Å². The third-order valence-corrected chi connectivity index (χ3v) is 3.08. The highest BCUT2D eigenvalue weighted by Crippen LogP contribution is 2.15. The second kappa shape index (κ2) is 6.09. The number of hydrogen-bond donors (Lipinski definition) is 1. The average Bonchev–Trinajstić information content (AvgIpc) is 2.59. The predicted molar refractivity (Wildman–Crippen MR) is 60.4 cm³/mol. The van der Waals surface area contributed by atoms with E-state index in [-0.39, 0.29) is 0 Å². The lowest BCUT2D eigenvalue weighted by atomic mass is 10.1. The van der Waals surface area contributed by atoms with Crippen LogP contribution in [-0.4, -0.2) is 16.7 Å². The molecule has 3 nitrogen and oxygen atoms in total. The quantitative estimate of drug-likeness (QED) is 0.786. The van der Waals surface area contributed by atoms with E-state index in [1.165, 1.54) is 11.4 Å². The van der Waals surface area contributed by atoms with E-state index in [0.29, 0.717) is 0 Å². The van der Waals surface area contributed by atoms with Crippen molar-refractivity contribution in [3.8, 4) is 0 Å². The number of rotatable bonds is 6. The standard InChI is InChI=1S/C10H19N3S/c1-8(2)5-6-10-13-12-9(14-10)4-3-7-11/h8H,3-7,11H2,1-2H3. The normalized spacial score (nSPS) is 11.1. The lowest BCUT2D eigenvalue weighted by Crippen LogP contribution is -1.99. The summed E-state index contributed by atoms with van der Waals surface area (Å²) in [7, 11) is 0. The van der Waals surface area contributed by atoms with Crippen LogP contribution in [0.25, 0.3) is 0 Å². The fraction of sp³-hybridized carbons (Fsp3) is 0.800. The van der Waals surface area contributed by atoms with Crippen molar-refractivity contribution in [1.82, 2.24) is 10.2 Å². The summed E-state index contributed by atoms with van der Waals surface area (Å²) >= 11 is 1.74. The molecule has 1 aromatic heterocycles. The van der Waals surface area contributed by atoms with Gasteiger partial charge in [0.1, 0.15) is 10.0 Å². The predicted octanol–water partition coefficient (Wildman–Crippen LogP) is 2.02. The smallest absolute Gasteiger partial charge is 0.117 e. The Morgan fingerprint density at radius 1 is 1.21 bits per heavy atom. The zero-order valence-electron chi connectivity index (χ0n) is 8.99. The summed E-state index contributed by atoms with van der Waals surface area (Å²) in [5.74, 6) is 0.742. The SMILES string of the molecule is CC(C)CCc1nnc(CCCN)s1. The van der Waals surface area contributed by atoms with Crippen LogP contribution in [0.15, 0.2) is 0 Å². The van der Waals surface area contributed by atoms with Crippen LogP contribution in [-0.2, 0) is 12.8 Å². The van der Waals surface area contributed by atoms with Crippen molar-refractivity contribution >= 4 is 11.3 Å². The van der Waals surface area contributed by atoms with Crippen molar-refractivity contribution in [3.05, 3.63) is 10.0 Å². The minimum Gasteiger partial charge on any atom is -0.330 e. The van der Waals surface area contributed by atoms with E-state index in [1.807, 2.05) is 0 Å². The topological polar surface area (TPSA) is 51.8 Å². The molecule has 4 heteroatoms. The van der Waals surface area contributed by atoms with Crippen LogP contribution >= 0.6 is 11.3 Å². The molecule has 80 valence electrons. The summed E-state index contributed by atoms with van der Waals surface area (Å²) in [5.41, 5.74) is 5.44. The van der Waals surface area contributed by atoms with E-state index in [0.717, 1.165) is 36.7 Å². The highest BCUT2D eigenvalue weighted by atomic mass is 32.1. The molecule has 1 heterocycles. The molecular weight excluding hydrogens is 194 g/mol. The van der Waals surface area contributed by atoms with Crippen LogP contribution < -0.4 is 5.73 Å². The maximum atomic E-state index is 5.44. The maximum Gasteiger partial charge on any atom is 0.117 e. The van der Waals surface area contributed by atoms with Gasteiger partial charge in [-0.25, -0.2) is 0 Å². The van der Waals surface area contributed by atoms with Crippen LogP contribution in [0.3, 0.4) is 0 Å². The number of hydrogen-bond acceptors (Lipinski definition) is 4. The van der Waals surface area contributed by atoms with E-state index in [1.54, 1.807) is 11.3 Å². The molecule has 0 fully saturated rings. The first-order valence-electron chi connectivity index (χ1n) is 5.23. The van der Waals surface area contributed by atoms with Gasteiger partial charge in [0.2, 0.25) is 0 Å². The van der Waals surface area contributed by atoms with Crippen LogP contribution in [0.1, 0.15) is 36.7 Å². The minimum atomic E-state index is 0.737. The Morgan fingerprint density at radius 3 is 2.43 bits per heavy atom. The second-order valence-electron chi connectivity index (χ2n) is 3.91. The number of aromatic nitrogens is 2. The Bertz CT molecular complexity index is 258. The fourth-order valence-electron chi connectivity index (χ4n) is 1.16. The van der Waals surface area contributed by atoms with E-state index < -0.39 is 0 Å². The molecule has 0 atom stereocenters. The van der Waals surface area contributed by atoms with Gasteiger partial charge in [-0.3, -0.25) is 0 Å². The summed E-state index contributed by atoms with van der Waals surface area (Å²) in [5, 5.41) is 10.6. The van der Waals surface area contributed by atoms with E-state index >= 15 is 0 Å². The number of nitrogens with zero attached hydrogens (tertiary/aromatic N) is 2. The molecule has 0 unspecified atom stereocenters. The molecule has 0 aliphatic heterocycles. The summed E-state index contributed by atoms with van der Waals surface area (Å²) in [6, 6.07) is 0. The molecule has 0 aromatic carbocycles. The van der Waals surface area contributed by atoms with E-state index in [9.17, 15) is 0 Å². The molecule has 0 saturated heterocycles. The zero-order valence-corrected chi connectivity index (χ0v) is 9.81. The molecule has 2 N–H and O–H groups in total. The van der Waals surface area contributed by atoms with Gasteiger partial charge in [-0.15, -0.1) is 21.5 Å².